The zero-order valence-electron chi connectivity index (χ0n) is 10.8. The third-order valence-electron chi connectivity index (χ3n) is 2.64. The van der Waals surface area contributed by atoms with E-state index in [4.69, 9.17) is 4.74 Å². The predicted octanol–water partition coefficient (Wildman–Crippen LogP) is 3.59. The van der Waals surface area contributed by atoms with Gasteiger partial charge in [-0.1, -0.05) is 48.0 Å². The van der Waals surface area contributed by atoms with Crippen LogP contribution in [0, 0.1) is 6.92 Å². The van der Waals surface area contributed by atoms with Crippen LogP contribution in [-0.2, 0) is 4.79 Å². The molecule has 0 atom stereocenters. The van der Waals surface area contributed by atoms with Gasteiger partial charge in [-0.2, -0.15) is 0 Å². The lowest BCUT2D eigenvalue weighted by Crippen LogP contribution is -2.20. The molecule has 2 aromatic rings. The van der Waals surface area contributed by atoms with E-state index < -0.39 is 6.09 Å². The van der Waals surface area contributed by atoms with Crippen molar-refractivity contribution >= 4 is 23.7 Å². The molecule has 102 valence electrons. The number of carbonyl (C=O) groups is 2. The summed E-state index contributed by atoms with van der Waals surface area (Å²) in [7, 11) is 0. The molecule has 2 aromatic carbocycles. The van der Waals surface area contributed by atoms with Crippen LogP contribution >= 0.6 is 11.9 Å². The first kappa shape index (κ1) is 14.1. The van der Waals surface area contributed by atoms with E-state index >= 15 is 0 Å². The van der Waals surface area contributed by atoms with Crippen LogP contribution in [0.4, 0.5) is 4.79 Å². The van der Waals surface area contributed by atoms with Crippen LogP contribution < -0.4 is 9.46 Å². The second-order valence-electron chi connectivity index (χ2n) is 4.07. The van der Waals surface area contributed by atoms with Crippen LogP contribution in [0.3, 0.4) is 0 Å². The Kier molecular flexibility index (Phi) is 4.79. The van der Waals surface area contributed by atoms with E-state index in [0.717, 1.165) is 16.7 Å². The minimum absolute atomic E-state index is 0.445. The largest absolute Gasteiger partial charge is 0.423 e. The average Bonchev–Trinajstić information content (AvgIpc) is 2.47. The lowest BCUT2D eigenvalue weighted by atomic mass is 10.0. The number of ether oxygens (including phenoxy) is 1. The predicted molar refractivity (Wildman–Crippen MR) is 80.1 cm³/mol. The number of aryl methyl sites for hydroxylation is 1. The van der Waals surface area contributed by atoms with Crippen LogP contribution in [0.2, 0.25) is 0 Å². The fraction of sp³-hybridized carbons (Fsp3) is 0.0667. The highest BCUT2D eigenvalue weighted by molar-refractivity contribution is 8.10. The number of carbonyl (C=O) groups excluding carboxylic acids is 2. The summed E-state index contributed by atoms with van der Waals surface area (Å²) in [6.45, 7) is 2.01. The fourth-order valence-corrected chi connectivity index (χ4v) is 1.91. The van der Waals surface area contributed by atoms with E-state index in [-0.39, 0.29) is 0 Å². The summed E-state index contributed by atoms with van der Waals surface area (Å²) in [5.41, 5.74) is 3.46. The van der Waals surface area contributed by atoms with Gasteiger partial charge in [0.15, 0.2) is 5.62 Å². The number of amides is 1. The van der Waals surface area contributed by atoms with E-state index in [0.29, 0.717) is 23.3 Å². The van der Waals surface area contributed by atoms with Gasteiger partial charge in [-0.3, -0.25) is 9.52 Å². The zero-order valence-corrected chi connectivity index (χ0v) is 11.6. The van der Waals surface area contributed by atoms with E-state index in [1.54, 1.807) is 12.1 Å². The molecule has 5 heteroatoms. The molecule has 1 N–H and O–H groups in total. The van der Waals surface area contributed by atoms with Gasteiger partial charge in [0, 0.05) is 17.5 Å². The molecule has 0 aliphatic heterocycles. The number of para-hydroxylation sites is 1. The summed E-state index contributed by atoms with van der Waals surface area (Å²) in [4.78, 5) is 21.7. The summed E-state index contributed by atoms with van der Waals surface area (Å²) in [6, 6.07) is 15.2. The van der Waals surface area contributed by atoms with Crippen molar-refractivity contribution in [3.8, 4) is 16.9 Å². The van der Waals surface area contributed by atoms with Crippen LogP contribution in [0.5, 0.6) is 5.75 Å². The lowest BCUT2D eigenvalue weighted by Gasteiger charge is -2.10. The summed E-state index contributed by atoms with van der Waals surface area (Å²) < 4.78 is 7.46. The first-order valence-corrected chi connectivity index (χ1v) is 6.82. The molecule has 2 rings (SSSR count). The average molecular weight is 287 g/mol. The Morgan fingerprint density at radius 1 is 1.15 bits per heavy atom. The van der Waals surface area contributed by atoms with Gasteiger partial charge in [-0.25, -0.2) is 4.79 Å². The maximum Gasteiger partial charge on any atom is 0.423 e. The smallest absolute Gasteiger partial charge is 0.409 e. The third-order valence-corrected chi connectivity index (χ3v) is 3.02. The molecule has 0 unspecified atom stereocenters. The molecule has 0 aromatic heterocycles. The molecule has 4 nitrogen and oxygen atoms in total. The molecule has 20 heavy (non-hydrogen) atoms. The van der Waals surface area contributed by atoms with E-state index in [1.807, 2.05) is 43.3 Å². The second kappa shape index (κ2) is 6.77. The Bertz CT molecular complexity index is 611. The molecule has 0 saturated heterocycles. The van der Waals surface area contributed by atoms with Crippen molar-refractivity contribution in [3.05, 3.63) is 54.1 Å². The van der Waals surface area contributed by atoms with Gasteiger partial charge >= 0.3 is 6.09 Å². The standard InChI is InChI=1S/C15H13NO3S/c1-11-6-8-12(9-7-11)13-4-2-3-5-14(13)19-15(18)16-20-10-17/h2-10H,1H3,(H,16,18). The van der Waals surface area contributed by atoms with E-state index in [9.17, 15) is 9.59 Å². The fourth-order valence-electron chi connectivity index (χ4n) is 1.72. The molecule has 0 spiro atoms. The Morgan fingerprint density at radius 2 is 1.85 bits per heavy atom. The lowest BCUT2D eigenvalue weighted by molar-refractivity contribution is 0.208. The summed E-state index contributed by atoms with van der Waals surface area (Å²) >= 11 is 0.634. The molecule has 0 bridgehead atoms. The van der Waals surface area contributed by atoms with Crippen molar-refractivity contribution in [1.82, 2.24) is 4.72 Å². The topological polar surface area (TPSA) is 55.4 Å². The van der Waals surface area contributed by atoms with Gasteiger partial charge < -0.3 is 4.74 Å². The van der Waals surface area contributed by atoms with E-state index in [1.165, 1.54) is 0 Å². The minimum atomic E-state index is -0.679. The Morgan fingerprint density at radius 3 is 2.55 bits per heavy atom. The molecule has 0 aliphatic carbocycles. The molecule has 1 amide bonds. The van der Waals surface area contributed by atoms with Gasteiger partial charge in [-0.15, -0.1) is 0 Å². The highest BCUT2D eigenvalue weighted by atomic mass is 32.2. The molecular formula is C15H13NO3S. The maximum absolute atomic E-state index is 11.5. The van der Waals surface area contributed by atoms with Gasteiger partial charge in [0.05, 0.1) is 0 Å². The number of rotatable bonds is 4. The summed E-state index contributed by atoms with van der Waals surface area (Å²) in [5, 5.41) is 0. The van der Waals surface area contributed by atoms with Gasteiger partial charge in [-0.05, 0) is 18.6 Å². The van der Waals surface area contributed by atoms with Crippen LogP contribution in [-0.4, -0.2) is 11.7 Å². The molecule has 0 saturated carbocycles. The van der Waals surface area contributed by atoms with Crippen LogP contribution in [0.1, 0.15) is 5.56 Å². The molecule has 0 aliphatic rings. The van der Waals surface area contributed by atoms with Crippen molar-refractivity contribution in [3.63, 3.8) is 0 Å². The SMILES string of the molecule is Cc1ccc(-c2ccccc2OC(=O)NSC=O)cc1. The first-order chi connectivity index (χ1) is 9.70. The maximum atomic E-state index is 11.5. The van der Waals surface area contributed by atoms with Gasteiger partial charge in [0.25, 0.3) is 0 Å². The quantitative estimate of drug-likeness (QED) is 0.689. The molecular weight excluding hydrogens is 274 g/mol. The van der Waals surface area contributed by atoms with Crippen molar-refractivity contribution in [1.29, 1.82) is 0 Å². The van der Waals surface area contributed by atoms with Crippen LogP contribution in [0.25, 0.3) is 11.1 Å². The summed E-state index contributed by atoms with van der Waals surface area (Å²) in [6.07, 6.45) is -0.679. The minimum Gasteiger partial charge on any atom is -0.409 e. The van der Waals surface area contributed by atoms with Crippen molar-refractivity contribution in [2.45, 2.75) is 6.92 Å². The molecule has 0 fully saturated rings. The monoisotopic (exact) mass is 287 g/mol. The third kappa shape index (κ3) is 3.61. The van der Waals surface area contributed by atoms with Crippen molar-refractivity contribution in [2.24, 2.45) is 0 Å². The van der Waals surface area contributed by atoms with E-state index in [2.05, 4.69) is 4.72 Å². The highest BCUT2D eigenvalue weighted by Gasteiger charge is 2.10. The van der Waals surface area contributed by atoms with Crippen LogP contribution in [0.15, 0.2) is 48.5 Å². The van der Waals surface area contributed by atoms with Gasteiger partial charge in [0.1, 0.15) is 5.75 Å². The zero-order chi connectivity index (χ0) is 14.4. The number of hydrogen-bond acceptors (Lipinski definition) is 4. The Labute approximate surface area is 121 Å². The number of nitrogens with one attached hydrogen (secondary N) is 1. The molecule has 0 heterocycles. The summed E-state index contributed by atoms with van der Waals surface area (Å²) in [5.74, 6) is 0.445. The Balaban J connectivity index is 2.24. The number of benzene rings is 2. The normalized spacial score (nSPS) is 9.85. The first-order valence-electron chi connectivity index (χ1n) is 5.94. The Hall–Kier alpha value is -2.27. The van der Waals surface area contributed by atoms with Gasteiger partial charge in [0.2, 0.25) is 0 Å². The highest BCUT2D eigenvalue weighted by Crippen LogP contribution is 2.30. The number of hydrogen-bond donors (Lipinski definition) is 1. The molecule has 0 radical (unpaired) electrons. The van der Waals surface area contributed by atoms with Crippen molar-refractivity contribution < 1.29 is 14.3 Å². The second-order valence-corrected chi connectivity index (χ2v) is 4.70. The van der Waals surface area contributed by atoms with Crippen molar-refractivity contribution in [2.75, 3.05) is 0 Å².